The summed E-state index contributed by atoms with van der Waals surface area (Å²) in [5, 5.41) is 10.5. The summed E-state index contributed by atoms with van der Waals surface area (Å²) in [5.41, 5.74) is 2.08. The number of hydrogen-bond acceptors (Lipinski definition) is 5. The van der Waals surface area contributed by atoms with Crippen molar-refractivity contribution in [1.82, 2.24) is 24.1 Å². The fraction of sp³-hybridized carbons (Fsp3) is 0.235. The molecule has 0 unspecified atom stereocenters. The number of aromatic nitrogens is 4. The Morgan fingerprint density at radius 3 is 2.68 bits per heavy atom. The van der Waals surface area contributed by atoms with Gasteiger partial charge in [0.25, 0.3) is 5.56 Å². The van der Waals surface area contributed by atoms with E-state index in [0.717, 1.165) is 27.1 Å². The van der Waals surface area contributed by atoms with Gasteiger partial charge in [0.05, 0.1) is 12.1 Å². The van der Waals surface area contributed by atoms with Crippen molar-refractivity contribution in [1.29, 1.82) is 0 Å². The molecule has 128 valence electrons. The van der Waals surface area contributed by atoms with Gasteiger partial charge in [-0.25, -0.2) is 0 Å². The topological polar surface area (TPSA) is 55.4 Å². The van der Waals surface area contributed by atoms with Gasteiger partial charge in [0.15, 0.2) is 5.82 Å². The van der Waals surface area contributed by atoms with E-state index in [1.54, 1.807) is 11.6 Å². The normalized spacial score (nSPS) is 11.8. The zero-order valence-corrected chi connectivity index (χ0v) is 16.2. The lowest BCUT2D eigenvalue weighted by atomic mass is 10.2. The van der Waals surface area contributed by atoms with Crippen LogP contribution in [0.2, 0.25) is 0 Å². The van der Waals surface area contributed by atoms with Crippen molar-refractivity contribution in [2.45, 2.75) is 13.1 Å². The Labute approximate surface area is 156 Å². The van der Waals surface area contributed by atoms with Gasteiger partial charge in [-0.1, -0.05) is 28.1 Å². The molecule has 0 fully saturated rings. The molecule has 0 radical (unpaired) electrons. The third-order valence-corrected chi connectivity index (χ3v) is 5.59. The molecule has 25 heavy (non-hydrogen) atoms. The minimum absolute atomic E-state index is 0.0281. The number of nitrogens with zero attached hydrogens (tertiary/aromatic N) is 5. The fourth-order valence-corrected chi connectivity index (χ4v) is 4.07. The number of thiophene rings is 1. The minimum atomic E-state index is -0.0281. The van der Waals surface area contributed by atoms with Crippen LogP contribution in [0, 0.1) is 0 Å². The van der Waals surface area contributed by atoms with E-state index in [1.165, 1.54) is 16.9 Å². The molecular formula is C17H16BrN5OS. The number of fused-ring (bicyclic) bond motifs is 3. The summed E-state index contributed by atoms with van der Waals surface area (Å²) < 4.78 is 5.34. The van der Waals surface area contributed by atoms with E-state index in [2.05, 4.69) is 50.2 Å². The lowest BCUT2D eigenvalue weighted by molar-refractivity contribution is 0.310. The second-order valence-electron chi connectivity index (χ2n) is 6.05. The molecular weight excluding hydrogens is 402 g/mol. The Morgan fingerprint density at radius 2 is 1.92 bits per heavy atom. The summed E-state index contributed by atoms with van der Waals surface area (Å²) in [6, 6.07) is 10.2. The van der Waals surface area contributed by atoms with Gasteiger partial charge in [-0.3, -0.25) is 18.7 Å². The molecule has 0 aliphatic heterocycles. The predicted octanol–water partition coefficient (Wildman–Crippen LogP) is 3.04. The molecule has 4 rings (SSSR count). The highest BCUT2D eigenvalue weighted by Crippen LogP contribution is 2.20. The van der Waals surface area contributed by atoms with Crippen molar-refractivity contribution in [3.05, 3.63) is 61.9 Å². The molecule has 3 aromatic heterocycles. The van der Waals surface area contributed by atoms with Gasteiger partial charge in [-0.2, -0.15) is 0 Å². The van der Waals surface area contributed by atoms with Gasteiger partial charge in [-0.15, -0.1) is 21.5 Å². The molecule has 0 aliphatic carbocycles. The van der Waals surface area contributed by atoms with Crippen LogP contribution < -0.4 is 5.56 Å². The van der Waals surface area contributed by atoms with E-state index in [-0.39, 0.29) is 5.56 Å². The van der Waals surface area contributed by atoms with Gasteiger partial charge in [0.2, 0.25) is 5.78 Å². The molecule has 0 atom stereocenters. The van der Waals surface area contributed by atoms with Gasteiger partial charge >= 0.3 is 0 Å². The predicted molar refractivity (Wildman–Crippen MR) is 103 cm³/mol. The fourth-order valence-electron chi connectivity index (χ4n) is 2.95. The first kappa shape index (κ1) is 16.4. The van der Waals surface area contributed by atoms with Crippen LogP contribution in [-0.2, 0) is 20.1 Å². The first-order chi connectivity index (χ1) is 12.0. The third kappa shape index (κ3) is 2.90. The van der Waals surface area contributed by atoms with Crippen LogP contribution in [0.3, 0.4) is 0 Å². The van der Waals surface area contributed by atoms with Crippen LogP contribution >= 0.6 is 27.3 Å². The summed E-state index contributed by atoms with van der Waals surface area (Å²) >= 11 is 4.91. The average molecular weight is 418 g/mol. The van der Waals surface area contributed by atoms with Gasteiger partial charge < -0.3 is 0 Å². The molecule has 0 saturated heterocycles. The van der Waals surface area contributed by atoms with Crippen molar-refractivity contribution >= 4 is 43.3 Å². The highest BCUT2D eigenvalue weighted by atomic mass is 79.9. The molecule has 0 amide bonds. The van der Waals surface area contributed by atoms with E-state index in [0.29, 0.717) is 12.3 Å². The van der Waals surface area contributed by atoms with Crippen molar-refractivity contribution in [3.8, 4) is 0 Å². The van der Waals surface area contributed by atoms with Crippen molar-refractivity contribution in [2.75, 3.05) is 7.05 Å². The van der Waals surface area contributed by atoms with Crippen LogP contribution in [0.1, 0.15) is 11.4 Å². The summed E-state index contributed by atoms with van der Waals surface area (Å²) in [5.74, 6) is 1.40. The SMILES string of the molecule is CN(Cc1ccc(Br)cc1)Cc1nnc2n(C)c(=O)c3sccc3n12. The van der Waals surface area contributed by atoms with E-state index < -0.39 is 0 Å². The lowest BCUT2D eigenvalue weighted by Crippen LogP contribution is -2.21. The molecule has 0 bridgehead atoms. The maximum atomic E-state index is 12.4. The third-order valence-electron chi connectivity index (χ3n) is 4.17. The standard InChI is InChI=1S/C17H16BrN5OS/c1-21(9-11-3-5-12(18)6-4-11)10-14-19-20-17-22(2)16(24)15-13(23(14)17)7-8-25-15/h3-8H,9-10H2,1-2H3. The van der Waals surface area contributed by atoms with Crippen LogP contribution in [0.15, 0.2) is 45.0 Å². The molecule has 4 aromatic rings. The summed E-state index contributed by atoms with van der Waals surface area (Å²) in [7, 11) is 3.79. The number of hydrogen-bond donors (Lipinski definition) is 0. The first-order valence-electron chi connectivity index (χ1n) is 7.78. The minimum Gasteiger partial charge on any atom is -0.295 e. The maximum Gasteiger partial charge on any atom is 0.272 e. The number of rotatable bonds is 4. The summed E-state index contributed by atoms with van der Waals surface area (Å²) in [4.78, 5) is 14.6. The number of halogens is 1. The van der Waals surface area contributed by atoms with Crippen LogP contribution in [0.5, 0.6) is 0 Å². The Morgan fingerprint density at radius 1 is 1.16 bits per heavy atom. The van der Waals surface area contributed by atoms with Crippen molar-refractivity contribution in [2.24, 2.45) is 7.05 Å². The monoisotopic (exact) mass is 417 g/mol. The van der Waals surface area contributed by atoms with Crippen LogP contribution in [0.25, 0.3) is 16.0 Å². The second kappa shape index (κ2) is 6.36. The maximum absolute atomic E-state index is 12.4. The summed E-state index contributed by atoms with van der Waals surface area (Å²) in [6.45, 7) is 1.45. The summed E-state index contributed by atoms with van der Waals surface area (Å²) in [6.07, 6.45) is 0. The van der Waals surface area contributed by atoms with Gasteiger partial charge in [0, 0.05) is 18.1 Å². The Balaban J connectivity index is 1.70. The molecule has 0 aliphatic rings. The van der Waals surface area contributed by atoms with E-state index in [9.17, 15) is 4.79 Å². The molecule has 0 spiro atoms. The quantitative estimate of drug-likeness (QED) is 0.511. The molecule has 1 aromatic carbocycles. The highest BCUT2D eigenvalue weighted by molar-refractivity contribution is 9.10. The van der Waals surface area contributed by atoms with E-state index in [1.807, 2.05) is 28.0 Å². The first-order valence-corrected chi connectivity index (χ1v) is 9.45. The van der Waals surface area contributed by atoms with E-state index in [4.69, 9.17) is 0 Å². The Kier molecular flexibility index (Phi) is 4.18. The van der Waals surface area contributed by atoms with Gasteiger partial charge in [-0.05, 0) is 36.2 Å². The van der Waals surface area contributed by atoms with E-state index >= 15 is 0 Å². The molecule has 3 heterocycles. The lowest BCUT2D eigenvalue weighted by Gasteiger charge is -2.16. The van der Waals surface area contributed by atoms with Gasteiger partial charge in [0.1, 0.15) is 4.70 Å². The number of benzene rings is 1. The molecule has 0 N–H and O–H groups in total. The Bertz CT molecular complexity index is 1110. The zero-order chi connectivity index (χ0) is 17.6. The molecule has 0 saturated carbocycles. The van der Waals surface area contributed by atoms with Crippen LogP contribution in [-0.4, -0.2) is 31.1 Å². The van der Waals surface area contributed by atoms with Crippen molar-refractivity contribution < 1.29 is 0 Å². The smallest absolute Gasteiger partial charge is 0.272 e. The molecule has 6 nitrogen and oxygen atoms in total. The largest absolute Gasteiger partial charge is 0.295 e. The average Bonchev–Trinajstić information content (AvgIpc) is 3.21. The second-order valence-corrected chi connectivity index (χ2v) is 7.88. The number of aryl methyl sites for hydroxylation is 1. The van der Waals surface area contributed by atoms with Crippen LogP contribution in [0.4, 0.5) is 0 Å². The molecule has 8 heteroatoms. The zero-order valence-electron chi connectivity index (χ0n) is 13.8. The highest BCUT2D eigenvalue weighted by Gasteiger charge is 2.16. The Hall–Kier alpha value is -2.03. The van der Waals surface area contributed by atoms with Crippen molar-refractivity contribution in [3.63, 3.8) is 0 Å².